The molecule has 0 aromatic heterocycles. The van der Waals surface area contributed by atoms with Crippen molar-refractivity contribution in [1.29, 1.82) is 0 Å². The Bertz CT molecular complexity index is 1140. The van der Waals surface area contributed by atoms with E-state index in [1.54, 1.807) is 0 Å². The van der Waals surface area contributed by atoms with E-state index in [0.29, 0.717) is 0 Å². The van der Waals surface area contributed by atoms with Gasteiger partial charge in [-0.3, -0.25) is 0 Å². The minimum absolute atomic E-state index is 0. The number of benzene rings is 4. The zero-order valence-corrected chi connectivity index (χ0v) is 22.3. The van der Waals surface area contributed by atoms with Crippen LogP contribution in [0.25, 0.3) is 5.57 Å². The minimum atomic E-state index is -0.358. The zero-order chi connectivity index (χ0) is 21.1. The molecule has 0 spiro atoms. The number of halogens is 3. The monoisotopic (exact) mass is 536 g/mol. The van der Waals surface area contributed by atoms with Crippen LogP contribution in [0, 0.1) is 0 Å². The van der Waals surface area contributed by atoms with Crippen molar-refractivity contribution in [1.82, 2.24) is 0 Å². The van der Waals surface area contributed by atoms with Crippen molar-refractivity contribution in [3.63, 3.8) is 0 Å². The topological polar surface area (TPSA) is 0 Å². The van der Waals surface area contributed by atoms with Crippen molar-refractivity contribution in [2.45, 2.75) is 11.8 Å². The van der Waals surface area contributed by atoms with Gasteiger partial charge in [0.2, 0.25) is 0 Å². The third kappa shape index (κ3) is 4.98. The Hall–Kier alpha value is -2.06. The summed E-state index contributed by atoms with van der Waals surface area (Å²) in [6.07, 6.45) is 3.33. The van der Waals surface area contributed by atoms with Crippen molar-refractivity contribution in [3.05, 3.63) is 159 Å². The summed E-state index contributed by atoms with van der Waals surface area (Å²) in [6, 6.07) is 43.8. The van der Waals surface area contributed by atoms with Gasteiger partial charge in [0.1, 0.15) is 0 Å². The first-order chi connectivity index (χ1) is 15.3. The second kappa shape index (κ2) is 12.6. The summed E-state index contributed by atoms with van der Waals surface area (Å²) in [5.74, 6) is 0. The fourth-order valence-corrected chi connectivity index (χ4v) is 5.55. The van der Waals surface area contributed by atoms with Gasteiger partial charge in [0, 0.05) is 0 Å². The Kier molecular flexibility index (Phi) is 10.4. The molecule has 0 radical (unpaired) electrons. The molecule has 1 aliphatic carbocycles. The summed E-state index contributed by atoms with van der Waals surface area (Å²) in [5.41, 5.74) is 7.66. The molecule has 1 aliphatic rings. The van der Waals surface area contributed by atoms with Gasteiger partial charge in [-0.25, -0.2) is 0 Å². The SMILES string of the molecule is [Cl-].[Cl-].[Cl-].[Ti+3][C]1=CCC(C(c2ccccc2)(c2ccccc2)c2ccccc2)=C1c1ccccc1. The molecule has 0 aliphatic heterocycles. The van der Waals surface area contributed by atoms with E-state index in [1.165, 1.54) is 37.3 Å². The Labute approximate surface area is 232 Å². The van der Waals surface area contributed by atoms with Crippen LogP contribution in [0.5, 0.6) is 0 Å². The second-order valence-electron chi connectivity index (χ2n) is 7.89. The van der Waals surface area contributed by atoms with Crippen LogP contribution in [-0.2, 0) is 25.9 Å². The fourth-order valence-electron chi connectivity index (χ4n) is 4.93. The maximum atomic E-state index is 2.39. The van der Waals surface area contributed by atoms with Gasteiger partial charge in [-0.15, -0.1) is 0 Å². The van der Waals surface area contributed by atoms with E-state index in [4.69, 9.17) is 0 Å². The molecule has 0 unspecified atom stereocenters. The van der Waals surface area contributed by atoms with Gasteiger partial charge in [-0.1, -0.05) is 0 Å². The first-order valence-corrected chi connectivity index (χ1v) is 11.5. The molecule has 0 bridgehead atoms. The summed E-state index contributed by atoms with van der Waals surface area (Å²) < 4.78 is 1.35. The number of hydrogen-bond donors (Lipinski definition) is 0. The maximum absolute atomic E-state index is 2.39. The van der Waals surface area contributed by atoms with Gasteiger partial charge in [0.15, 0.2) is 0 Å². The Balaban J connectivity index is 0.00000136. The number of hydrogen-bond acceptors (Lipinski definition) is 0. The van der Waals surface area contributed by atoms with E-state index >= 15 is 0 Å². The van der Waals surface area contributed by atoms with Crippen LogP contribution < -0.4 is 37.2 Å². The predicted molar refractivity (Wildman–Crippen MR) is 125 cm³/mol. The van der Waals surface area contributed by atoms with Crippen molar-refractivity contribution in [2.24, 2.45) is 0 Å². The zero-order valence-electron chi connectivity index (χ0n) is 18.5. The van der Waals surface area contributed by atoms with Crippen molar-refractivity contribution in [3.8, 4) is 0 Å². The van der Waals surface area contributed by atoms with E-state index in [2.05, 4.69) is 148 Å². The summed E-state index contributed by atoms with van der Waals surface area (Å²) in [5, 5.41) is 0. The molecule has 5 rings (SSSR count). The quantitative estimate of drug-likeness (QED) is 0.211. The Morgan fingerprint density at radius 1 is 0.500 bits per heavy atom. The average Bonchev–Trinajstić information content (AvgIpc) is 3.24. The first-order valence-electron chi connectivity index (χ1n) is 10.7. The average molecular weight is 538 g/mol. The molecule has 0 saturated carbocycles. The van der Waals surface area contributed by atoms with Crippen LogP contribution in [0.2, 0.25) is 0 Å². The van der Waals surface area contributed by atoms with Crippen molar-refractivity contribution >= 4 is 5.57 Å². The van der Waals surface area contributed by atoms with E-state index in [-0.39, 0.29) is 42.6 Å². The normalized spacial score (nSPS) is 12.7. The molecule has 0 fully saturated rings. The summed E-state index contributed by atoms with van der Waals surface area (Å²) >= 11 is 2.25. The van der Waals surface area contributed by atoms with E-state index in [9.17, 15) is 0 Å². The predicted octanol–water partition coefficient (Wildman–Crippen LogP) is -1.68. The Morgan fingerprint density at radius 2 is 0.853 bits per heavy atom. The molecule has 0 atom stereocenters. The Morgan fingerprint density at radius 3 is 1.24 bits per heavy atom. The van der Waals surface area contributed by atoms with Crippen LogP contribution >= 0.6 is 0 Å². The van der Waals surface area contributed by atoms with Gasteiger partial charge in [0.05, 0.1) is 0 Å². The van der Waals surface area contributed by atoms with Crippen molar-refractivity contribution < 1.29 is 57.7 Å². The molecule has 0 N–H and O–H groups in total. The van der Waals surface area contributed by atoms with Crippen LogP contribution in [0.3, 0.4) is 0 Å². The molecule has 4 aromatic carbocycles. The molecular formula is C30H23Cl3Ti. The van der Waals surface area contributed by atoms with Gasteiger partial charge in [-0.05, 0) is 0 Å². The van der Waals surface area contributed by atoms with Crippen LogP contribution in [0.1, 0.15) is 28.7 Å². The molecule has 0 heterocycles. The molecular weight excluding hydrogens is 515 g/mol. The molecule has 34 heavy (non-hydrogen) atoms. The van der Waals surface area contributed by atoms with Gasteiger partial charge < -0.3 is 37.2 Å². The second-order valence-corrected chi connectivity index (χ2v) is 8.73. The fraction of sp³-hybridized carbons (Fsp3) is 0.0667. The molecule has 168 valence electrons. The molecule has 0 amide bonds. The standard InChI is InChI=1S/C30H23.3ClH.Ti/c1-5-14-24(15-6-1)28-22-13-23-29(28)30(25-16-7-2-8-17-25,26-18-9-3-10-19-26)27-20-11-4-12-21-27;;;;/h1-21H,23H2;3*1H;/q;;;;+3/p-3. The summed E-state index contributed by atoms with van der Waals surface area (Å²) in [7, 11) is 0. The van der Waals surface area contributed by atoms with Gasteiger partial charge in [0.25, 0.3) is 0 Å². The molecule has 0 saturated heterocycles. The number of allylic oxidation sites excluding steroid dienone is 4. The van der Waals surface area contributed by atoms with Crippen LogP contribution in [0.4, 0.5) is 0 Å². The third-order valence-electron chi connectivity index (χ3n) is 6.22. The van der Waals surface area contributed by atoms with Crippen molar-refractivity contribution in [2.75, 3.05) is 0 Å². The summed E-state index contributed by atoms with van der Waals surface area (Å²) in [4.78, 5) is 0. The first kappa shape index (κ1) is 28.2. The molecule has 0 nitrogen and oxygen atoms in total. The van der Waals surface area contributed by atoms with E-state index in [1.807, 2.05) is 0 Å². The number of rotatable bonds is 5. The molecule has 4 heteroatoms. The third-order valence-corrected chi connectivity index (χ3v) is 6.93. The summed E-state index contributed by atoms with van der Waals surface area (Å²) in [6.45, 7) is 0. The van der Waals surface area contributed by atoms with E-state index < -0.39 is 0 Å². The van der Waals surface area contributed by atoms with Crippen LogP contribution in [-0.4, -0.2) is 0 Å². The van der Waals surface area contributed by atoms with Gasteiger partial charge >= 0.3 is 197 Å². The van der Waals surface area contributed by atoms with E-state index in [0.717, 1.165) is 6.42 Å². The van der Waals surface area contributed by atoms with Crippen LogP contribution in [0.15, 0.2) is 137 Å². The molecule has 4 aromatic rings. The van der Waals surface area contributed by atoms with Gasteiger partial charge in [-0.2, -0.15) is 0 Å².